The second-order valence-electron chi connectivity index (χ2n) is 5.49. The molecule has 0 radical (unpaired) electrons. The molecule has 0 saturated heterocycles. The van der Waals surface area contributed by atoms with Gasteiger partial charge in [0.25, 0.3) is 0 Å². The van der Waals surface area contributed by atoms with E-state index in [-0.39, 0.29) is 5.60 Å². The molecule has 1 atom stereocenters. The Kier molecular flexibility index (Phi) is 6.15. The van der Waals surface area contributed by atoms with Gasteiger partial charge in [-0.3, -0.25) is 0 Å². The number of ether oxygens (including phenoxy) is 3. The van der Waals surface area contributed by atoms with Crippen LogP contribution in [-0.2, 0) is 15.9 Å². The van der Waals surface area contributed by atoms with E-state index in [1.54, 1.807) is 14.2 Å². The van der Waals surface area contributed by atoms with Crippen molar-refractivity contribution >= 4 is 0 Å². The van der Waals surface area contributed by atoms with Crippen LogP contribution in [0.4, 0.5) is 0 Å². The number of terminal acetylenes is 1. The van der Waals surface area contributed by atoms with Crippen LogP contribution >= 0.6 is 0 Å². The largest absolute Gasteiger partial charge is 0.496 e. The van der Waals surface area contributed by atoms with Crippen molar-refractivity contribution in [3.8, 4) is 30.1 Å². The predicted octanol–water partition coefficient (Wildman–Crippen LogP) is 3.33. The SMILES string of the molecule is C#CCc1c(OC)cccc1C(C#COC(C)(C)C)OC. The zero-order valence-corrected chi connectivity index (χ0v) is 13.3. The fourth-order valence-electron chi connectivity index (χ4n) is 1.81. The number of benzene rings is 1. The van der Waals surface area contributed by atoms with Gasteiger partial charge in [0.2, 0.25) is 0 Å². The zero-order chi connectivity index (χ0) is 15.9. The summed E-state index contributed by atoms with van der Waals surface area (Å²) in [6.07, 6.45) is 8.21. The zero-order valence-electron chi connectivity index (χ0n) is 13.3. The monoisotopic (exact) mass is 286 g/mol. The van der Waals surface area contributed by atoms with E-state index in [9.17, 15) is 0 Å². The highest BCUT2D eigenvalue weighted by atomic mass is 16.5. The molecular weight excluding hydrogens is 264 g/mol. The molecular formula is C18H22O3. The van der Waals surface area contributed by atoms with Crippen molar-refractivity contribution in [1.82, 2.24) is 0 Å². The van der Waals surface area contributed by atoms with Gasteiger partial charge in [-0.1, -0.05) is 12.1 Å². The van der Waals surface area contributed by atoms with Crippen LogP contribution in [0.2, 0.25) is 0 Å². The first-order valence-corrected chi connectivity index (χ1v) is 6.73. The highest BCUT2D eigenvalue weighted by molar-refractivity contribution is 5.45. The molecule has 21 heavy (non-hydrogen) atoms. The Balaban J connectivity index is 3.14. The number of hydrogen-bond acceptors (Lipinski definition) is 3. The quantitative estimate of drug-likeness (QED) is 0.795. The average molecular weight is 286 g/mol. The van der Waals surface area contributed by atoms with Gasteiger partial charge in [0.1, 0.15) is 23.6 Å². The van der Waals surface area contributed by atoms with Crippen LogP contribution in [-0.4, -0.2) is 19.8 Å². The maximum atomic E-state index is 5.46. The molecule has 0 aliphatic rings. The Labute approximate surface area is 127 Å². The Morgan fingerprint density at radius 2 is 1.95 bits per heavy atom. The highest BCUT2D eigenvalue weighted by Gasteiger charge is 2.16. The van der Waals surface area contributed by atoms with Gasteiger partial charge in [0, 0.05) is 24.7 Å². The van der Waals surface area contributed by atoms with E-state index in [0.29, 0.717) is 6.42 Å². The van der Waals surface area contributed by atoms with Gasteiger partial charge in [-0.25, -0.2) is 0 Å². The first-order chi connectivity index (χ1) is 9.92. The summed E-state index contributed by atoms with van der Waals surface area (Å²) in [5.74, 6) is 6.36. The van der Waals surface area contributed by atoms with E-state index >= 15 is 0 Å². The summed E-state index contributed by atoms with van der Waals surface area (Å²) >= 11 is 0. The van der Waals surface area contributed by atoms with Crippen LogP contribution in [0, 0.1) is 24.4 Å². The standard InChI is InChI=1S/C18H22O3/c1-7-9-14-15(10-8-11-16(14)19-5)17(20-6)12-13-21-18(2,3)4/h1,8,10-11,17H,9H2,2-6H3. The van der Waals surface area contributed by atoms with E-state index in [0.717, 1.165) is 16.9 Å². The van der Waals surface area contributed by atoms with Crippen LogP contribution in [0.3, 0.4) is 0 Å². The maximum absolute atomic E-state index is 5.46. The minimum atomic E-state index is -0.411. The van der Waals surface area contributed by atoms with E-state index in [1.165, 1.54) is 0 Å². The van der Waals surface area contributed by atoms with Crippen molar-refractivity contribution in [1.29, 1.82) is 0 Å². The highest BCUT2D eigenvalue weighted by Crippen LogP contribution is 2.28. The minimum Gasteiger partial charge on any atom is -0.496 e. The third-order valence-electron chi connectivity index (χ3n) is 2.73. The molecule has 1 aromatic rings. The summed E-state index contributed by atoms with van der Waals surface area (Å²) in [4.78, 5) is 0. The van der Waals surface area contributed by atoms with Gasteiger partial charge < -0.3 is 14.2 Å². The molecule has 3 heteroatoms. The van der Waals surface area contributed by atoms with Gasteiger partial charge in [0.05, 0.1) is 7.11 Å². The van der Waals surface area contributed by atoms with E-state index in [4.69, 9.17) is 20.6 Å². The van der Waals surface area contributed by atoms with Crippen LogP contribution in [0.1, 0.15) is 38.0 Å². The molecule has 0 aliphatic carbocycles. The normalized spacial score (nSPS) is 11.8. The molecule has 112 valence electrons. The molecule has 0 saturated carbocycles. The first kappa shape index (κ1) is 17.0. The van der Waals surface area contributed by atoms with E-state index in [2.05, 4.69) is 17.9 Å². The molecule has 1 unspecified atom stereocenters. The second kappa shape index (κ2) is 7.62. The van der Waals surface area contributed by atoms with Crippen molar-refractivity contribution in [2.75, 3.05) is 14.2 Å². The van der Waals surface area contributed by atoms with Crippen molar-refractivity contribution in [2.24, 2.45) is 0 Å². The lowest BCUT2D eigenvalue weighted by atomic mass is 9.99. The van der Waals surface area contributed by atoms with Gasteiger partial charge in [0.15, 0.2) is 0 Å². The smallest absolute Gasteiger partial charge is 0.146 e. The molecule has 0 N–H and O–H groups in total. The number of rotatable bonds is 4. The summed E-state index contributed by atoms with van der Waals surface area (Å²) < 4.78 is 16.2. The molecule has 0 aromatic heterocycles. The van der Waals surface area contributed by atoms with Crippen LogP contribution < -0.4 is 4.74 Å². The molecule has 1 aromatic carbocycles. The fourth-order valence-corrected chi connectivity index (χ4v) is 1.81. The Morgan fingerprint density at radius 1 is 1.24 bits per heavy atom. The van der Waals surface area contributed by atoms with E-state index in [1.807, 2.05) is 39.0 Å². The Hall–Kier alpha value is -2.10. The first-order valence-electron chi connectivity index (χ1n) is 6.73. The predicted molar refractivity (Wildman–Crippen MR) is 83.9 cm³/mol. The Morgan fingerprint density at radius 3 is 2.48 bits per heavy atom. The molecule has 0 aliphatic heterocycles. The fraction of sp³-hybridized carbons (Fsp3) is 0.444. The molecule has 0 amide bonds. The summed E-state index contributed by atoms with van der Waals surface area (Å²) in [6, 6.07) is 5.71. The summed E-state index contributed by atoms with van der Waals surface area (Å²) in [7, 11) is 3.23. The van der Waals surface area contributed by atoms with Crippen molar-refractivity contribution in [3.05, 3.63) is 29.3 Å². The third-order valence-corrected chi connectivity index (χ3v) is 2.73. The number of hydrogen-bond donors (Lipinski definition) is 0. The summed E-state index contributed by atoms with van der Waals surface area (Å²) in [5.41, 5.74) is 1.50. The summed E-state index contributed by atoms with van der Waals surface area (Å²) in [6.45, 7) is 5.83. The minimum absolute atomic E-state index is 0.318. The van der Waals surface area contributed by atoms with Crippen LogP contribution in [0.25, 0.3) is 0 Å². The lowest BCUT2D eigenvalue weighted by Gasteiger charge is -2.17. The average Bonchev–Trinajstić information content (AvgIpc) is 2.43. The lowest BCUT2D eigenvalue weighted by Crippen LogP contribution is -2.15. The van der Waals surface area contributed by atoms with Crippen molar-refractivity contribution in [2.45, 2.75) is 38.9 Å². The molecule has 0 bridgehead atoms. The lowest BCUT2D eigenvalue weighted by molar-refractivity contribution is 0.0932. The van der Waals surface area contributed by atoms with Gasteiger partial charge >= 0.3 is 0 Å². The van der Waals surface area contributed by atoms with Gasteiger partial charge in [-0.05, 0) is 32.8 Å². The second-order valence-corrected chi connectivity index (χ2v) is 5.49. The number of methoxy groups -OCH3 is 2. The van der Waals surface area contributed by atoms with Crippen molar-refractivity contribution < 1.29 is 14.2 Å². The Bertz CT molecular complexity index is 565. The van der Waals surface area contributed by atoms with Crippen LogP contribution in [0.15, 0.2) is 18.2 Å². The molecule has 0 heterocycles. The van der Waals surface area contributed by atoms with E-state index < -0.39 is 6.10 Å². The van der Waals surface area contributed by atoms with Crippen LogP contribution in [0.5, 0.6) is 5.75 Å². The molecule has 3 nitrogen and oxygen atoms in total. The summed E-state index contributed by atoms with van der Waals surface area (Å²) in [5, 5.41) is 0. The maximum Gasteiger partial charge on any atom is 0.146 e. The van der Waals surface area contributed by atoms with Gasteiger partial charge in [-0.15, -0.1) is 12.3 Å². The molecule has 0 spiro atoms. The van der Waals surface area contributed by atoms with Gasteiger partial charge in [-0.2, -0.15) is 0 Å². The molecule has 1 rings (SSSR count). The van der Waals surface area contributed by atoms with Crippen molar-refractivity contribution in [3.63, 3.8) is 0 Å². The molecule has 0 fully saturated rings. The topological polar surface area (TPSA) is 27.7 Å². The third kappa shape index (κ3) is 5.06.